The number of pyridine rings is 1. The van der Waals surface area contributed by atoms with E-state index in [1.807, 2.05) is 42.2 Å². The molecule has 0 radical (unpaired) electrons. The molecular formula is C25H32N4O4S. The maximum absolute atomic E-state index is 13.8. The largest absolute Gasteiger partial charge is 0.497 e. The van der Waals surface area contributed by atoms with Crippen LogP contribution in [0.25, 0.3) is 22.3 Å². The average molecular weight is 485 g/mol. The monoisotopic (exact) mass is 484 g/mol. The molecular weight excluding hydrogens is 452 g/mol. The molecule has 1 aliphatic heterocycles. The first-order chi connectivity index (χ1) is 16.3. The normalized spacial score (nSPS) is 17.2. The van der Waals surface area contributed by atoms with E-state index in [0.717, 1.165) is 18.4 Å². The third-order valence-electron chi connectivity index (χ3n) is 6.26. The van der Waals surface area contributed by atoms with Crippen LogP contribution in [0.3, 0.4) is 0 Å². The van der Waals surface area contributed by atoms with Gasteiger partial charge in [0.15, 0.2) is 15.5 Å². The van der Waals surface area contributed by atoms with E-state index in [-0.39, 0.29) is 23.5 Å². The number of sulfone groups is 1. The first-order valence-corrected chi connectivity index (χ1v) is 13.6. The topological polar surface area (TPSA) is 94.4 Å². The van der Waals surface area contributed by atoms with Gasteiger partial charge in [0.25, 0.3) is 5.91 Å². The highest BCUT2D eigenvalue weighted by Gasteiger charge is 2.33. The number of benzene rings is 1. The molecule has 1 aliphatic rings. The number of aromatic nitrogens is 3. The minimum Gasteiger partial charge on any atom is -0.497 e. The lowest BCUT2D eigenvalue weighted by atomic mass is 10.0. The molecule has 0 aliphatic carbocycles. The van der Waals surface area contributed by atoms with Gasteiger partial charge in [-0.05, 0) is 44.4 Å². The third-order valence-corrected chi connectivity index (χ3v) is 8.01. The summed E-state index contributed by atoms with van der Waals surface area (Å²) in [5.41, 5.74) is 3.23. The van der Waals surface area contributed by atoms with Crippen molar-refractivity contribution in [2.45, 2.75) is 46.1 Å². The molecule has 34 heavy (non-hydrogen) atoms. The maximum atomic E-state index is 13.8. The smallest absolute Gasteiger partial charge is 0.254 e. The zero-order valence-corrected chi connectivity index (χ0v) is 21.1. The summed E-state index contributed by atoms with van der Waals surface area (Å²) in [6, 6.07) is 9.09. The highest BCUT2D eigenvalue weighted by Crippen LogP contribution is 2.33. The summed E-state index contributed by atoms with van der Waals surface area (Å²) in [5, 5.41) is 5.39. The molecule has 4 rings (SSSR count). The summed E-state index contributed by atoms with van der Waals surface area (Å²) in [4.78, 5) is 20.6. The van der Waals surface area contributed by atoms with Crippen molar-refractivity contribution >= 4 is 26.8 Å². The summed E-state index contributed by atoms with van der Waals surface area (Å²) >= 11 is 0. The van der Waals surface area contributed by atoms with Gasteiger partial charge in [-0.15, -0.1) is 0 Å². The van der Waals surface area contributed by atoms with Gasteiger partial charge in [0.05, 0.1) is 47.0 Å². The number of fused-ring (bicyclic) bond motifs is 1. The van der Waals surface area contributed by atoms with Crippen LogP contribution in [0.15, 0.2) is 30.3 Å². The fraction of sp³-hybridized carbons (Fsp3) is 0.480. The van der Waals surface area contributed by atoms with Crippen molar-refractivity contribution in [1.29, 1.82) is 0 Å². The Labute approximate surface area is 200 Å². The minimum atomic E-state index is -3.11. The van der Waals surface area contributed by atoms with Gasteiger partial charge in [-0.3, -0.25) is 4.79 Å². The van der Waals surface area contributed by atoms with E-state index in [2.05, 4.69) is 13.8 Å². The lowest BCUT2D eigenvalue weighted by Crippen LogP contribution is -2.32. The average Bonchev–Trinajstić information content (AvgIpc) is 3.36. The molecule has 2 aromatic heterocycles. The van der Waals surface area contributed by atoms with Gasteiger partial charge in [-0.2, -0.15) is 5.10 Å². The third kappa shape index (κ3) is 4.66. The second-order valence-corrected chi connectivity index (χ2v) is 11.1. The minimum absolute atomic E-state index is 0.0371. The van der Waals surface area contributed by atoms with E-state index in [0.29, 0.717) is 53.2 Å². The number of carbonyl (C=O) groups is 1. The van der Waals surface area contributed by atoms with Crippen LogP contribution in [0, 0.1) is 6.92 Å². The predicted octanol–water partition coefficient (Wildman–Crippen LogP) is 4.04. The molecule has 1 fully saturated rings. The fourth-order valence-electron chi connectivity index (χ4n) is 4.66. The van der Waals surface area contributed by atoms with Crippen molar-refractivity contribution in [2.24, 2.45) is 0 Å². The first-order valence-electron chi connectivity index (χ1n) is 11.8. The van der Waals surface area contributed by atoms with Crippen LogP contribution in [0.2, 0.25) is 0 Å². The van der Waals surface area contributed by atoms with Crippen molar-refractivity contribution < 1.29 is 17.9 Å². The molecule has 0 bridgehead atoms. The lowest BCUT2D eigenvalue weighted by Gasteiger charge is -2.22. The van der Waals surface area contributed by atoms with Gasteiger partial charge >= 0.3 is 0 Å². The van der Waals surface area contributed by atoms with Crippen LogP contribution in [-0.2, 0) is 9.84 Å². The molecule has 182 valence electrons. The molecule has 1 saturated heterocycles. The zero-order chi connectivity index (χ0) is 24.5. The number of amides is 1. The maximum Gasteiger partial charge on any atom is 0.254 e. The van der Waals surface area contributed by atoms with Crippen LogP contribution >= 0.6 is 0 Å². The summed E-state index contributed by atoms with van der Waals surface area (Å²) in [7, 11) is -1.50. The molecule has 3 aromatic rings. The standard InChI is InChI=1S/C25H32N4O4S/c1-5-11-28(12-6-2)25(30)21-15-22(18-8-7-9-20(14-18)33-4)26-24-23(21)17(3)27-29(24)19-10-13-34(31,32)16-19/h7-9,14-15,19H,5-6,10-13,16H2,1-4H3. The molecule has 0 N–H and O–H groups in total. The number of hydrogen-bond donors (Lipinski definition) is 0. The molecule has 1 aromatic carbocycles. The van der Waals surface area contributed by atoms with Crippen LogP contribution in [0.5, 0.6) is 5.75 Å². The van der Waals surface area contributed by atoms with Gasteiger partial charge in [0, 0.05) is 18.7 Å². The number of aryl methyl sites for hydroxylation is 1. The summed E-state index contributed by atoms with van der Waals surface area (Å²) < 4.78 is 31.5. The Hall–Kier alpha value is -2.94. The second-order valence-electron chi connectivity index (χ2n) is 8.86. The van der Waals surface area contributed by atoms with Crippen LogP contribution in [-0.4, -0.2) is 65.7 Å². The van der Waals surface area contributed by atoms with Crippen molar-refractivity contribution in [3.05, 3.63) is 41.6 Å². The number of rotatable bonds is 8. The van der Waals surface area contributed by atoms with Crippen molar-refractivity contribution in [3.63, 3.8) is 0 Å². The highest BCUT2D eigenvalue weighted by molar-refractivity contribution is 7.91. The first kappa shape index (κ1) is 24.2. The molecule has 1 atom stereocenters. The van der Waals surface area contributed by atoms with Gasteiger partial charge < -0.3 is 9.64 Å². The van der Waals surface area contributed by atoms with Gasteiger partial charge in [0.2, 0.25) is 0 Å². The van der Waals surface area contributed by atoms with E-state index in [9.17, 15) is 13.2 Å². The quantitative estimate of drug-likeness (QED) is 0.479. The Morgan fingerprint density at radius 1 is 1.21 bits per heavy atom. The van der Waals surface area contributed by atoms with Crippen molar-refractivity contribution in [2.75, 3.05) is 31.7 Å². The Morgan fingerprint density at radius 2 is 1.94 bits per heavy atom. The number of nitrogens with zero attached hydrogens (tertiary/aromatic N) is 4. The van der Waals surface area contributed by atoms with Crippen molar-refractivity contribution in [3.8, 4) is 17.0 Å². The van der Waals surface area contributed by atoms with Gasteiger partial charge in [-0.25, -0.2) is 18.1 Å². The van der Waals surface area contributed by atoms with Gasteiger partial charge in [-0.1, -0.05) is 26.0 Å². The summed E-state index contributed by atoms with van der Waals surface area (Å²) in [6.45, 7) is 7.31. The van der Waals surface area contributed by atoms with Crippen LogP contribution in [0.4, 0.5) is 0 Å². The van der Waals surface area contributed by atoms with Crippen molar-refractivity contribution in [1.82, 2.24) is 19.7 Å². The fourth-order valence-corrected chi connectivity index (χ4v) is 6.35. The number of carbonyl (C=O) groups excluding carboxylic acids is 1. The number of methoxy groups -OCH3 is 1. The van der Waals surface area contributed by atoms with Crippen LogP contribution in [0.1, 0.15) is 55.2 Å². The van der Waals surface area contributed by atoms with E-state index in [4.69, 9.17) is 14.8 Å². The van der Waals surface area contributed by atoms with Crippen LogP contribution < -0.4 is 4.74 Å². The Bertz CT molecular complexity index is 1310. The highest BCUT2D eigenvalue weighted by atomic mass is 32.2. The van der Waals surface area contributed by atoms with E-state index in [1.54, 1.807) is 11.8 Å². The summed E-state index contributed by atoms with van der Waals surface area (Å²) in [6.07, 6.45) is 2.21. The molecule has 1 amide bonds. The Balaban J connectivity index is 1.94. The molecule has 8 nitrogen and oxygen atoms in total. The lowest BCUT2D eigenvalue weighted by molar-refractivity contribution is 0.0757. The molecule has 0 saturated carbocycles. The SMILES string of the molecule is CCCN(CCC)C(=O)c1cc(-c2cccc(OC)c2)nc2c1c(C)nn2C1CCS(=O)(=O)C1. The second kappa shape index (κ2) is 9.74. The van der Waals surface area contributed by atoms with E-state index in [1.165, 1.54) is 0 Å². The Kier molecular flexibility index (Phi) is 6.93. The van der Waals surface area contributed by atoms with Gasteiger partial charge in [0.1, 0.15) is 5.75 Å². The molecule has 1 unspecified atom stereocenters. The van der Waals surface area contributed by atoms with E-state index < -0.39 is 9.84 Å². The molecule has 0 spiro atoms. The number of ether oxygens (including phenoxy) is 1. The zero-order valence-electron chi connectivity index (χ0n) is 20.2. The summed E-state index contributed by atoms with van der Waals surface area (Å²) in [5.74, 6) is 0.814. The van der Waals surface area contributed by atoms with E-state index >= 15 is 0 Å². The number of hydrogen-bond acceptors (Lipinski definition) is 6. The predicted molar refractivity (Wildman–Crippen MR) is 133 cm³/mol. The molecule has 9 heteroatoms. The Morgan fingerprint density at radius 3 is 2.56 bits per heavy atom. The molecule has 3 heterocycles.